The van der Waals surface area contributed by atoms with E-state index in [0.717, 1.165) is 36.8 Å². The first-order chi connectivity index (χ1) is 11.4. The number of likely N-dealkylation sites (tertiary alicyclic amines) is 1. The van der Waals surface area contributed by atoms with Crippen LogP contribution in [0.2, 0.25) is 0 Å². The second kappa shape index (κ2) is 7.03. The van der Waals surface area contributed by atoms with E-state index in [1.54, 1.807) is 18.3 Å². The molecule has 0 spiro atoms. The van der Waals surface area contributed by atoms with Gasteiger partial charge in [-0.2, -0.15) is 4.98 Å². The first kappa shape index (κ1) is 17.1. The van der Waals surface area contributed by atoms with E-state index >= 15 is 0 Å². The maximum absolute atomic E-state index is 12.4. The second-order valence-corrected chi connectivity index (χ2v) is 7.76. The van der Waals surface area contributed by atoms with Gasteiger partial charge in [-0.25, -0.2) is 0 Å². The molecule has 24 heavy (non-hydrogen) atoms. The molecule has 0 aliphatic carbocycles. The topological polar surface area (TPSA) is 71.3 Å². The molecule has 3 rings (SSSR count). The number of nitrogens with zero attached hydrogens (tertiary/aromatic N) is 3. The Morgan fingerprint density at radius 1 is 1.33 bits per heavy atom. The summed E-state index contributed by atoms with van der Waals surface area (Å²) in [6.07, 6.45) is 2.08. The molecule has 0 bridgehead atoms. The predicted molar refractivity (Wildman–Crippen MR) is 94.6 cm³/mol. The largest absolute Gasteiger partial charge is 0.340 e. The number of hydrogen-bond acceptors (Lipinski definition) is 6. The van der Waals surface area contributed by atoms with Crippen LogP contribution in [0.25, 0.3) is 0 Å². The van der Waals surface area contributed by atoms with Crippen molar-refractivity contribution in [2.75, 3.05) is 25.0 Å². The standard InChI is InChI=1S/C17H24N4O2S/c1-10-11(2)17(24-12(10)3)19-15(22)9-21-7-5-6-14(8-21)16-18-13(4)23-20-16/h14H,5-9H2,1-4H3,(H,19,22)/t14-/m0/s1. The summed E-state index contributed by atoms with van der Waals surface area (Å²) in [5.41, 5.74) is 2.44. The van der Waals surface area contributed by atoms with E-state index in [2.05, 4.69) is 41.1 Å². The Labute approximate surface area is 146 Å². The maximum Gasteiger partial charge on any atom is 0.239 e. The average molecular weight is 348 g/mol. The fourth-order valence-corrected chi connectivity index (χ4v) is 4.20. The van der Waals surface area contributed by atoms with Gasteiger partial charge in [0.05, 0.1) is 11.5 Å². The third-order valence-corrected chi connectivity index (χ3v) is 5.95. The molecular formula is C17H24N4O2S. The number of anilines is 1. The molecule has 130 valence electrons. The van der Waals surface area contributed by atoms with Gasteiger partial charge >= 0.3 is 0 Å². The van der Waals surface area contributed by atoms with Gasteiger partial charge in [-0.3, -0.25) is 9.69 Å². The van der Waals surface area contributed by atoms with E-state index in [1.165, 1.54) is 16.0 Å². The summed E-state index contributed by atoms with van der Waals surface area (Å²) >= 11 is 1.65. The van der Waals surface area contributed by atoms with Crippen molar-refractivity contribution in [3.8, 4) is 0 Å². The zero-order chi connectivity index (χ0) is 17.3. The molecule has 2 aromatic heterocycles. The van der Waals surface area contributed by atoms with Gasteiger partial charge in [0, 0.05) is 24.3 Å². The van der Waals surface area contributed by atoms with Crippen LogP contribution in [-0.4, -0.2) is 40.6 Å². The van der Waals surface area contributed by atoms with Crippen LogP contribution < -0.4 is 5.32 Å². The maximum atomic E-state index is 12.4. The number of carbonyl (C=O) groups excluding carboxylic acids is 1. The monoisotopic (exact) mass is 348 g/mol. The lowest BCUT2D eigenvalue weighted by Crippen LogP contribution is -2.40. The van der Waals surface area contributed by atoms with Gasteiger partial charge in [0.25, 0.3) is 0 Å². The van der Waals surface area contributed by atoms with Crippen LogP contribution in [-0.2, 0) is 4.79 Å². The third kappa shape index (κ3) is 3.67. The number of aryl methyl sites for hydroxylation is 2. The predicted octanol–water partition coefficient (Wildman–Crippen LogP) is 3.18. The number of amides is 1. The van der Waals surface area contributed by atoms with E-state index in [4.69, 9.17) is 4.52 Å². The molecule has 0 aromatic carbocycles. The summed E-state index contributed by atoms with van der Waals surface area (Å²) in [6.45, 7) is 10.2. The SMILES string of the molecule is Cc1nc([C@H]2CCCN(CC(=O)Nc3sc(C)c(C)c3C)C2)no1. The third-order valence-electron chi connectivity index (χ3n) is 4.72. The quantitative estimate of drug-likeness (QED) is 0.919. The van der Waals surface area contributed by atoms with E-state index < -0.39 is 0 Å². The molecule has 1 saturated heterocycles. The van der Waals surface area contributed by atoms with Gasteiger partial charge in [0.15, 0.2) is 5.82 Å². The van der Waals surface area contributed by atoms with E-state index in [1.807, 2.05) is 0 Å². The number of aromatic nitrogens is 2. The zero-order valence-corrected chi connectivity index (χ0v) is 15.5. The Bertz CT molecular complexity index is 737. The van der Waals surface area contributed by atoms with Crippen LogP contribution in [0.4, 0.5) is 5.00 Å². The van der Waals surface area contributed by atoms with Crippen molar-refractivity contribution in [3.63, 3.8) is 0 Å². The Morgan fingerprint density at radius 2 is 2.12 bits per heavy atom. The highest BCUT2D eigenvalue weighted by molar-refractivity contribution is 7.16. The van der Waals surface area contributed by atoms with Gasteiger partial charge in [-0.1, -0.05) is 5.16 Å². The molecule has 3 heterocycles. The van der Waals surface area contributed by atoms with Crippen LogP contribution in [0.5, 0.6) is 0 Å². The highest BCUT2D eigenvalue weighted by Crippen LogP contribution is 2.31. The molecule has 1 amide bonds. The lowest BCUT2D eigenvalue weighted by atomic mass is 9.97. The summed E-state index contributed by atoms with van der Waals surface area (Å²) in [6, 6.07) is 0. The average Bonchev–Trinajstić information content (AvgIpc) is 3.08. The fraction of sp³-hybridized carbons (Fsp3) is 0.588. The molecule has 2 aromatic rings. The van der Waals surface area contributed by atoms with Crippen LogP contribution >= 0.6 is 11.3 Å². The zero-order valence-electron chi connectivity index (χ0n) is 14.7. The van der Waals surface area contributed by atoms with Crippen molar-refractivity contribution in [1.82, 2.24) is 15.0 Å². The van der Waals surface area contributed by atoms with E-state index in [0.29, 0.717) is 12.4 Å². The van der Waals surface area contributed by atoms with E-state index in [-0.39, 0.29) is 11.8 Å². The highest BCUT2D eigenvalue weighted by atomic mass is 32.1. The molecule has 0 radical (unpaired) electrons. The molecule has 1 fully saturated rings. The molecule has 6 nitrogen and oxygen atoms in total. The first-order valence-electron chi connectivity index (χ1n) is 8.33. The van der Waals surface area contributed by atoms with Gasteiger partial charge in [-0.15, -0.1) is 11.3 Å². The van der Waals surface area contributed by atoms with Crippen molar-refractivity contribution in [2.24, 2.45) is 0 Å². The minimum atomic E-state index is 0.0456. The van der Waals surface area contributed by atoms with Gasteiger partial charge in [0.1, 0.15) is 0 Å². The van der Waals surface area contributed by atoms with Crippen LogP contribution in [0, 0.1) is 27.7 Å². The Kier molecular flexibility index (Phi) is 5.01. The minimum Gasteiger partial charge on any atom is -0.340 e. The van der Waals surface area contributed by atoms with Crippen LogP contribution in [0.3, 0.4) is 0 Å². The number of rotatable bonds is 4. The molecular weight excluding hydrogens is 324 g/mol. The van der Waals surface area contributed by atoms with Crippen molar-refractivity contribution >= 4 is 22.2 Å². The Balaban J connectivity index is 1.58. The minimum absolute atomic E-state index is 0.0456. The normalized spacial score (nSPS) is 18.8. The molecule has 1 atom stereocenters. The number of carbonyl (C=O) groups is 1. The molecule has 7 heteroatoms. The number of piperidine rings is 1. The van der Waals surface area contributed by atoms with Gasteiger partial charge < -0.3 is 9.84 Å². The summed E-state index contributed by atoms with van der Waals surface area (Å²) in [4.78, 5) is 20.2. The van der Waals surface area contributed by atoms with Gasteiger partial charge in [0.2, 0.25) is 11.8 Å². The lowest BCUT2D eigenvalue weighted by molar-refractivity contribution is -0.117. The Hall–Kier alpha value is -1.73. The first-order valence-corrected chi connectivity index (χ1v) is 9.14. The molecule has 1 aliphatic rings. The van der Waals surface area contributed by atoms with E-state index in [9.17, 15) is 4.79 Å². The van der Waals surface area contributed by atoms with Crippen molar-refractivity contribution < 1.29 is 9.32 Å². The summed E-state index contributed by atoms with van der Waals surface area (Å²) in [5.74, 6) is 1.65. The summed E-state index contributed by atoms with van der Waals surface area (Å²) < 4.78 is 5.08. The molecule has 0 unspecified atom stereocenters. The highest BCUT2D eigenvalue weighted by Gasteiger charge is 2.26. The summed E-state index contributed by atoms with van der Waals surface area (Å²) in [7, 11) is 0. The molecule has 1 N–H and O–H groups in total. The lowest BCUT2D eigenvalue weighted by Gasteiger charge is -2.30. The molecule has 0 saturated carbocycles. The van der Waals surface area contributed by atoms with Crippen molar-refractivity contribution in [3.05, 3.63) is 27.7 Å². The number of thiophene rings is 1. The molecule has 1 aliphatic heterocycles. The van der Waals surface area contributed by atoms with Crippen molar-refractivity contribution in [1.29, 1.82) is 0 Å². The van der Waals surface area contributed by atoms with Crippen molar-refractivity contribution in [2.45, 2.75) is 46.5 Å². The summed E-state index contributed by atoms with van der Waals surface area (Å²) in [5, 5.41) is 8.07. The van der Waals surface area contributed by atoms with Gasteiger partial charge in [-0.05, 0) is 51.3 Å². The second-order valence-electron chi connectivity index (χ2n) is 6.53. The Morgan fingerprint density at radius 3 is 2.75 bits per heavy atom. The number of hydrogen-bond donors (Lipinski definition) is 1. The van der Waals surface area contributed by atoms with Crippen LogP contribution in [0.1, 0.15) is 46.5 Å². The van der Waals surface area contributed by atoms with Crippen LogP contribution in [0.15, 0.2) is 4.52 Å². The fourth-order valence-electron chi connectivity index (χ4n) is 3.12. The number of nitrogens with one attached hydrogen (secondary N) is 1. The smallest absolute Gasteiger partial charge is 0.239 e.